The van der Waals surface area contributed by atoms with Crippen LogP contribution in [-0.2, 0) is 19.1 Å². The van der Waals surface area contributed by atoms with Gasteiger partial charge in [0.25, 0.3) is 0 Å². The van der Waals surface area contributed by atoms with Crippen LogP contribution in [0.3, 0.4) is 0 Å². The lowest BCUT2D eigenvalue weighted by Crippen LogP contribution is -2.39. The summed E-state index contributed by atoms with van der Waals surface area (Å²) in [6.45, 7) is 8.89. The van der Waals surface area contributed by atoms with Crippen LogP contribution in [0.15, 0.2) is 0 Å². The molecule has 0 radical (unpaired) electrons. The number of rotatable bonds is 28. The van der Waals surface area contributed by atoms with Crippen molar-refractivity contribution in [2.75, 3.05) is 32.9 Å². The van der Waals surface area contributed by atoms with Crippen molar-refractivity contribution in [1.82, 2.24) is 5.32 Å². The third-order valence-electron chi connectivity index (χ3n) is 7.16. The van der Waals surface area contributed by atoms with Gasteiger partial charge in [0, 0.05) is 6.61 Å². The molecule has 0 spiro atoms. The zero-order valence-corrected chi connectivity index (χ0v) is 24.8. The maximum atomic E-state index is 13.0. The Hall–Kier alpha value is -1.14. The van der Waals surface area contributed by atoms with Crippen LogP contribution in [0.2, 0.25) is 0 Å². The Morgan fingerprint density at radius 1 is 0.595 bits per heavy atom. The molecule has 0 aliphatic rings. The lowest BCUT2D eigenvalue weighted by atomic mass is 9.84. The second-order valence-corrected chi connectivity index (χ2v) is 10.8. The fraction of sp³-hybridized carbons (Fsp3) is 0.935. The average molecular weight is 528 g/mol. The van der Waals surface area contributed by atoms with Crippen molar-refractivity contribution < 1.29 is 24.2 Å². The molecule has 0 saturated heterocycles. The number of unbranched alkanes of at least 4 members (excludes halogenated alkanes) is 15. The van der Waals surface area contributed by atoms with Crippen molar-refractivity contribution in [1.29, 1.82) is 0 Å². The minimum atomic E-state index is -1.22. The molecule has 220 valence electrons. The summed E-state index contributed by atoms with van der Waals surface area (Å²) < 4.78 is 11.2. The van der Waals surface area contributed by atoms with E-state index in [9.17, 15) is 9.59 Å². The summed E-state index contributed by atoms with van der Waals surface area (Å²) >= 11 is 0. The zero-order valence-electron chi connectivity index (χ0n) is 24.8. The Morgan fingerprint density at radius 3 is 1.49 bits per heavy atom. The third-order valence-corrected chi connectivity index (χ3v) is 7.16. The highest BCUT2D eigenvalue weighted by Crippen LogP contribution is 2.29. The normalized spacial score (nSPS) is 12.9. The van der Waals surface area contributed by atoms with Gasteiger partial charge in [-0.1, -0.05) is 110 Å². The zero-order chi connectivity index (χ0) is 27.5. The van der Waals surface area contributed by atoms with Crippen LogP contribution in [0, 0.1) is 5.41 Å². The Labute approximate surface area is 229 Å². The van der Waals surface area contributed by atoms with Gasteiger partial charge in [0.05, 0.1) is 13.2 Å². The molecule has 0 heterocycles. The molecule has 0 amide bonds. The van der Waals surface area contributed by atoms with E-state index < -0.39 is 17.4 Å². The molecule has 6 nitrogen and oxygen atoms in total. The van der Waals surface area contributed by atoms with Gasteiger partial charge < -0.3 is 19.9 Å². The van der Waals surface area contributed by atoms with Crippen molar-refractivity contribution in [3.05, 3.63) is 0 Å². The van der Waals surface area contributed by atoms with Gasteiger partial charge in [-0.15, -0.1) is 0 Å². The topological polar surface area (TPSA) is 84.9 Å². The highest BCUT2D eigenvalue weighted by molar-refractivity contribution is 5.99. The standard InChI is InChI=1S/C31H61NO5/c1-4-6-8-10-12-13-17-21-28-37-30(35)31(3,23-18-14-15-19-24-32-25-22-26-33)29(34)36-27-20-16-11-9-7-5-2/h32-33H,4-28H2,1-3H3. The van der Waals surface area contributed by atoms with E-state index in [1.165, 1.54) is 57.8 Å². The SMILES string of the molecule is CCCCCCCCCCOC(=O)C(C)(CCCCCCNCCCO)C(=O)OCCCCCCCC. The van der Waals surface area contributed by atoms with Crippen molar-refractivity contribution in [2.45, 2.75) is 149 Å². The largest absolute Gasteiger partial charge is 0.465 e. The van der Waals surface area contributed by atoms with Crippen LogP contribution >= 0.6 is 0 Å². The van der Waals surface area contributed by atoms with Crippen LogP contribution in [0.25, 0.3) is 0 Å². The van der Waals surface area contributed by atoms with Gasteiger partial charge in [-0.2, -0.15) is 0 Å². The predicted octanol–water partition coefficient (Wildman–Crippen LogP) is 7.50. The molecular weight excluding hydrogens is 466 g/mol. The first-order chi connectivity index (χ1) is 18.0. The van der Waals surface area contributed by atoms with Gasteiger partial charge >= 0.3 is 11.9 Å². The summed E-state index contributed by atoms with van der Waals surface area (Å²) in [7, 11) is 0. The summed E-state index contributed by atoms with van der Waals surface area (Å²) in [5, 5.41) is 12.1. The lowest BCUT2D eigenvalue weighted by molar-refractivity contribution is -0.172. The summed E-state index contributed by atoms with van der Waals surface area (Å²) in [6.07, 6.45) is 21.4. The van der Waals surface area contributed by atoms with Crippen molar-refractivity contribution in [3.8, 4) is 0 Å². The Balaban J connectivity index is 4.45. The summed E-state index contributed by atoms with van der Waals surface area (Å²) in [6, 6.07) is 0. The number of ether oxygens (including phenoxy) is 2. The number of carbonyl (C=O) groups excluding carboxylic acids is 2. The molecule has 0 saturated carbocycles. The smallest absolute Gasteiger partial charge is 0.323 e. The number of carbonyl (C=O) groups is 2. The maximum absolute atomic E-state index is 13.0. The molecule has 1 atom stereocenters. The minimum absolute atomic E-state index is 0.218. The predicted molar refractivity (Wildman–Crippen MR) is 154 cm³/mol. The highest BCUT2D eigenvalue weighted by atomic mass is 16.6. The van der Waals surface area contributed by atoms with E-state index in [1.807, 2.05) is 0 Å². The molecule has 0 aromatic carbocycles. The molecular formula is C31H61NO5. The van der Waals surface area contributed by atoms with Crippen LogP contribution in [0.1, 0.15) is 149 Å². The van der Waals surface area contributed by atoms with Gasteiger partial charge in [0.15, 0.2) is 5.41 Å². The number of aliphatic hydroxyl groups is 1. The molecule has 2 N–H and O–H groups in total. The van der Waals surface area contributed by atoms with Crippen molar-refractivity contribution >= 4 is 11.9 Å². The quantitative estimate of drug-likeness (QED) is 0.0622. The van der Waals surface area contributed by atoms with E-state index in [1.54, 1.807) is 6.92 Å². The third kappa shape index (κ3) is 20.5. The van der Waals surface area contributed by atoms with E-state index in [0.717, 1.165) is 77.3 Å². The number of nitrogens with one attached hydrogen (secondary N) is 1. The molecule has 0 rings (SSSR count). The first kappa shape index (κ1) is 35.9. The Morgan fingerprint density at radius 2 is 1.00 bits per heavy atom. The fourth-order valence-electron chi connectivity index (χ4n) is 4.47. The van der Waals surface area contributed by atoms with Crippen LogP contribution in [0.5, 0.6) is 0 Å². The van der Waals surface area contributed by atoms with E-state index >= 15 is 0 Å². The van der Waals surface area contributed by atoms with Gasteiger partial charge in [0.2, 0.25) is 0 Å². The average Bonchev–Trinajstić information content (AvgIpc) is 2.90. The van der Waals surface area contributed by atoms with Crippen molar-refractivity contribution in [2.24, 2.45) is 5.41 Å². The molecule has 0 fully saturated rings. The lowest BCUT2D eigenvalue weighted by Gasteiger charge is -2.25. The summed E-state index contributed by atoms with van der Waals surface area (Å²) in [5.41, 5.74) is -1.22. The second kappa shape index (κ2) is 26.5. The molecule has 0 aliphatic heterocycles. The first-order valence-electron chi connectivity index (χ1n) is 15.7. The fourth-order valence-corrected chi connectivity index (χ4v) is 4.47. The molecule has 0 aromatic heterocycles. The van der Waals surface area contributed by atoms with Gasteiger partial charge in [-0.25, -0.2) is 0 Å². The molecule has 0 bridgehead atoms. The van der Waals surface area contributed by atoms with Gasteiger partial charge in [-0.3, -0.25) is 9.59 Å². The molecule has 1 unspecified atom stereocenters. The summed E-state index contributed by atoms with van der Waals surface area (Å²) in [4.78, 5) is 26.0. The number of esters is 2. The van der Waals surface area contributed by atoms with E-state index in [-0.39, 0.29) is 6.61 Å². The van der Waals surface area contributed by atoms with Crippen LogP contribution in [0.4, 0.5) is 0 Å². The Bertz CT molecular complexity index is 528. The molecule has 37 heavy (non-hydrogen) atoms. The molecule has 6 heteroatoms. The molecule has 0 aliphatic carbocycles. The Kier molecular flexibility index (Phi) is 25.7. The maximum Gasteiger partial charge on any atom is 0.323 e. The van der Waals surface area contributed by atoms with E-state index in [0.29, 0.717) is 19.6 Å². The summed E-state index contributed by atoms with van der Waals surface area (Å²) in [5.74, 6) is -0.846. The van der Waals surface area contributed by atoms with Crippen LogP contribution < -0.4 is 5.32 Å². The minimum Gasteiger partial charge on any atom is -0.465 e. The number of aliphatic hydroxyl groups excluding tert-OH is 1. The second-order valence-electron chi connectivity index (χ2n) is 10.8. The first-order valence-corrected chi connectivity index (χ1v) is 15.7. The van der Waals surface area contributed by atoms with Gasteiger partial charge in [-0.05, 0) is 52.1 Å². The van der Waals surface area contributed by atoms with Crippen LogP contribution in [-0.4, -0.2) is 50.0 Å². The van der Waals surface area contributed by atoms with Gasteiger partial charge in [0.1, 0.15) is 0 Å². The number of hydrogen-bond acceptors (Lipinski definition) is 6. The monoisotopic (exact) mass is 527 g/mol. The van der Waals surface area contributed by atoms with E-state index in [2.05, 4.69) is 19.2 Å². The highest BCUT2D eigenvalue weighted by Gasteiger charge is 2.43. The number of hydrogen-bond donors (Lipinski definition) is 2. The van der Waals surface area contributed by atoms with E-state index in [4.69, 9.17) is 14.6 Å². The molecule has 0 aromatic rings. The van der Waals surface area contributed by atoms with Crippen molar-refractivity contribution in [3.63, 3.8) is 0 Å².